The van der Waals surface area contributed by atoms with E-state index in [4.69, 9.17) is 5.73 Å². The van der Waals surface area contributed by atoms with Gasteiger partial charge in [-0.3, -0.25) is 4.79 Å². The number of amides is 1. The SMILES string of the molecule is NC(=O)c1ncc[n-]1.[Rb+]. The maximum atomic E-state index is 10.2. The molecule has 0 unspecified atom stereocenters. The summed E-state index contributed by atoms with van der Waals surface area (Å²) in [5, 5.41) is 0. The van der Waals surface area contributed by atoms with Crippen molar-refractivity contribution in [1.82, 2.24) is 9.97 Å². The summed E-state index contributed by atoms with van der Waals surface area (Å²) in [6.45, 7) is 0. The van der Waals surface area contributed by atoms with Crippen LogP contribution in [0.5, 0.6) is 0 Å². The molecule has 5 heteroatoms. The molecule has 0 spiro atoms. The number of hydrogen-bond donors (Lipinski definition) is 1. The number of hydrogen-bond acceptors (Lipinski definition) is 2. The maximum absolute atomic E-state index is 10.2. The number of carbonyl (C=O) groups is 1. The Hall–Kier alpha value is 0.485. The summed E-state index contributed by atoms with van der Waals surface area (Å²) in [4.78, 5) is 17.2. The van der Waals surface area contributed by atoms with Gasteiger partial charge in [0.2, 0.25) is 5.91 Å². The average Bonchev–Trinajstić information content (AvgIpc) is 2.12. The molecule has 1 amide bonds. The molecule has 0 radical (unpaired) electrons. The van der Waals surface area contributed by atoms with Crippen LogP contribution in [-0.4, -0.2) is 10.9 Å². The zero-order valence-corrected chi connectivity index (χ0v) is 9.95. The van der Waals surface area contributed by atoms with E-state index in [2.05, 4.69) is 9.97 Å². The van der Waals surface area contributed by atoms with Gasteiger partial charge in [-0.15, -0.1) is 0 Å². The summed E-state index contributed by atoms with van der Waals surface area (Å²) in [7, 11) is 0. The molecule has 42 valence electrons. The number of primary amides is 1. The second-order valence-electron chi connectivity index (χ2n) is 1.24. The third-order valence-corrected chi connectivity index (χ3v) is 0.681. The minimum atomic E-state index is -0.588. The molecule has 1 heterocycles. The molecule has 0 saturated carbocycles. The van der Waals surface area contributed by atoms with Crippen molar-refractivity contribution in [1.29, 1.82) is 0 Å². The number of imidazole rings is 1. The number of carbonyl (C=O) groups excluding carboxylic acids is 1. The Morgan fingerprint density at radius 1 is 1.78 bits per heavy atom. The van der Waals surface area contributed by atoms with Gasteiger partial charge in [0, 0.05) is 5.82 Å². The van der Waals surface area contributed by atoms with Crippen molar-refractivity contribution in [2.45, 2.75) is 0 Å². The van der Waals surface area contributed by atoms with Crippen molar-refractivity contribution in [2.75, 3.05) is 0 Å². The van der Waals surface area contributed by atoms with E-state index in [0.717, 1.165) is 0 Å². The summed E-state index contributed by atoms with van der Waals surface area (Å²) in [6, 6.07) is 0. The fourth-order valence-electron chi connectivity index (χ4n) is 0.368. The van der Waals surface area contributed by atoms with E-state index < -0.39 is 5.91 Å². The molecule has 9 heavy (non-hydrogen) atoms. The molecule has 0 atom stereocenters. The largest absolute Gasteiger partial charge is 1.00 e. The Balaban J connectivity index is 0.000000640. The van der Waals surface area contributed by atoms with Gasteiger partial charge in [-0.05, 0) is 0 Å². The average molecular weight is 196 g/mol. The zero-order valence-electron chi connectivity index (χ0n) is 5.03. The van der Waals surface area contributed by atoms with E-state index in [1.165, 1.54) is 12.4 Å². The summed E-state index contributed by atoms with van der Waals surface area (Å²) >= 11 is 0. The van der Waals surface area contributed by atoms with E-state index in [1.54, 1.807) is 0 Å². The number of nitrogens with zero attached hydrogens (tertiary/aromatic N) is 2. The van der Waals surface area contributed by atoms with Gasteiger partial charge >= 0.3 is 58.2 Å². The van der Waals surface area contributed by atoms with Crippen LogP contribution in [0.15, 0.2) is 12.4 Å². The minimum absolute atomic E-state index is 0. The van der Waals surface area contributed by atoms with Crippen molar-refractivity contribution < 1.29 is 63.0 Å². The molecule has 0 aromatic carbocycles. The predicted molar refractivity (Wildman–Crippen MR) is 26.1 cm³/mol. The molecular formula is C4H4N3ORb. The van der Waals surface area contributed by atoms with Crippen LogP contribution in [-0.2, 0) is 0 Å². The molecule has 4 nitrogen and oxygen atoms in total. The van der Waals surface area contributed by atoms with Gasteiger partial charge < -0.3 is 15.7 Å². The molecule has 0 aliphatic heterocycles. The molecule has 2 N–H and O–H groups in total. The van der Waals surface area contributed by atoms with E-state index in [0.29, 0.717) is 0 Å². The molecular weight excluding hydrogens is 192 g/mol. The van der Waals surface area contributed by atoms with Gasteiger partial charge in [0.05, 0.1) is 0 Å². The number of nitrogens with two attached hydrogens (primary N) is 1. The first-order valence-corrected chi connectivity index (χ1v) is 2.04. The van der Waals surface area contributed by atoms with Gasteiger partial charge in [-0.1, -0.05) is 12.4 Å². The van der Waals surface area contributed by atoms with Gasteiger partial charge in [-0.25, -0.2) is 0 Å². The molecule has 0 saturated heterocycles. The van der Waals surface area contributed by atoms with Crippen molar-refractivity contribution in [2.24, 2.45) is 5.73 Å². The third kappa shape index (κ3) is 2.71. The van der Waals surface area contributed by atoms with Crippen LogP contribution in [0.1, 0.15) is 10.6 Å². The van der Waals surface area contributed by atoms with E-state index in [1.807, 2.05) is 0 Å². The quantitative estimate of drug-likeness (QED) is 0.499. The Kier molecular flexibility index (Phi) is 4.56. The molecule has 0 fully saturated rings. The van der Waals surface area contributed by atoms with Crippen molar-refractivity contribution in [3.63, 3.8) is 0 Å². The zero-order chi connectivity index (χ0) is 5.98. The van der Waals surface area contributed by atoms with Gasteiger partial charge in [-0.2, -0.15) is 0 Å². The monoisotopic (exact) mass is 195 g/mol. The van der Waals surface area contributed by atoms with Gasteiger partial charge in [0.1, 0.15) is 0 Å². The van der Waals surface area contributed by atoms with E-state index in [9.17, 15) is 4.79 Å². The molecule has 0 aliphatic rings. The molecule has 1 aromatic heterocycles. The van der Waals surface area contributed by atoms with Crippen molar-refractivity contribution in [3.05, 3.63) is 18.2 Å². The summed E-state index contributed by atoms with van der Waals surface area (Å²) < 4.78 is 0. The van der Waals surface area contributed by atoms with Crippen LogP contribution >= 0.6 is 0 Å². The summed E-state index contributed by atoms with van der Waals surface area (Å²) in [6.07, 6.45) is 2.83. The normalized spacial score (nSPS) is 8.00. The molecule has 0 bridgehead atoms. The van der Waals surface area contributed by atoms with E-state index in [-0.39, 0.29) is 64.0 Å². The van der Waals surface area contributed by atoms with Crippen LogP contribution in [0.2, 0.25) is 0 Å². The first kappa shape index (κ1) is 9.49. The van der Waals surface area contributed by atoms with Gasteiger partial charge in [0.15, 0.2) is 0 Å². The summed E-state index contributed by atoms with van der Waals surface area (Å²) in [5.74, 6) is -0.514. The Labute approximate surface area is 101 Å². The summed E-state index contributed by atoms with van der Waals surface area (Å²) in [5.41, 5.74) is 4.79. The minimum Gasteiger partial charge on any atom is -0.438 e. The topological polar surface area (TPSA) is 70.1 Å². The first-order valence-electron chi connectivity index (χ1n) is 2.04. The van der Waals surface area contributed by atoms with E-state index >= 15 is 0 Å². The Morgan fingerprint density at radius 3 is 2.67 bits per heavy atom. The molecule has 1 aromatic rings. The van der Waals surface area contributed by atoms with Crippen molar-refractivity contribution in [3.8, 4) is 0 Å². The smallest absolute Gasteiger partial charge is 0.438 e. The maximum Gasteiger partial charge on any atom is 1.00 e. The Morgan fingerprint density at radius 2 is 2.44 bits per heavy atom. The van der Waals surface area contributed by atoms with Crippen LogP contribution < -0.4 is 68.9 Å². The second kappa shape index (κ2) is 4.32. The van der Waals surface area contributed by atoms with Crippen molar-refractivity contribution >= 4 is 5.91 Å². The van der Waals surface area contributed by atoms with Crippen LogP contribution in [0.25, 0.3) is 0 Å². The molecule has 0 aliphatic carbocycles. The third-order valence-electron chi connectivity index (χ3n) is 0.681. The van der Waals surface area contributed by atoms with Gasteiger partial charge in [0.25, 0.3) is 0 Å². The Bertz CT molecular complexity index is 184. The first-order chi connectivity index (χ1) is 3.80. The number of aromatic nitrogens is 2. The fraction of sp³-hybridized carbons (Fsp3) is 0. The second-order valence-corrected chi connectivity index (χ2v) is 1.24. The standard InChI is InChI=1S/C4H5N3O.Rb/c5-3(8)4-6-1-2-7-4;/h1-2H,(H3,5,6,7,8);/q;+1/p-1. The fourth-order valence-corrected chi connectivity index (χ4v) is 0.368. The number of rotatable bonds is 1. The molecule has 1 rings (SSSR count). The predicted octanol–water partition coefficient (Wildman–Crippen LogP) is -3.86. The van der Waals surface area contributed by atoms with Crippen LogP contribution in [0.4, 0.5) is 0 Å². The van der Waals surface area contributed by atoms with Crippen LogP contribution in [0, 0.1) is 0 Å². The van der Waals surface area contributed by atoms with Crippen LogP contribution in [0.3, 0.4) is 0 Å².